The van der Waals surface area contributed by atoms with Gasteiger partial charge < -0.3 is 4.90 Å². The first-order chi connectivity index (χ1) is 7.74. The number of piperidine rings is 1. The van der Waals surface area contributed by atoms with Crippen LogP contribution in [0, 0.1) is 6.92 Å². The van der Waals surface area contributed by atoms with Gasteiger partial charge in [0.15, 0.2) is 0 Å². The lowest BCUT2D eigenvalue weighted by molar-refractivity contribution is 0.0612. The van der Waals surface area contributed by atoms with Crippen molar-refractivity contribution in [1.82, 2.24) is 14.5 Å². The summed E-state index contributed by atoms with van der Waals surface area (Å²) in [5, 5.41) is 3.90. The zero-order valence-corrected chi connectivity index (χ0v) is 10.6. The Bertz CT molecular complexity index is 377. The van der Waals surface area contributed by atoms with Gasteiger partial charge in [-0.3, -0.25) is 4.79 Å². The minimum atomic E-state index is 0.124. The van der Waals surface area contributed by atoms with Gasteiger partial charge in [-0.2, -0.15) is 0 Å². The first kappa shape index (κ1) is 11.5. The smallest absolute Gasteiger partial charge is 0.267 e. The molecular formula is C11H17N3OS. The van der Waals surface area contributed by atoms with Crippen molar-refractivity contribution in [1.29, 1.82) is 0 Å². The predicted octanol–water partition coefficient (Wildman–Crippen LogP) is 2.25. The number of aryl methyl sites for hydroxylation is 1. The van der Waals surface area contributed by atoms with Crippen molar-refractivity contribution in [2.45, 2.75) is 45.6 Å². The molecular weight excluding hydrogens is 222 g/mol. The lowest BCUT2D eigenvalue weighted by Crippen LogP contribution is -2.43. The van der Waals surface area contributed by atoms with Crippen molar-refractivity contribution in [3.8, 4) is 0 Å². The lowest BCUT2D eigenvalue weighted by atomic mass is 10.00. The Balaban J connectivity index is 2.17. The van der Waals surface area contributed by atoms with E-state index >= 15 is 0 Å². The van der Waals surface area contributed by atoms with Crippen LogP contribution < -0.4 is 0 Å². The SMILES string of the molecule is CCC1CCCCN1C(=O)c1snnc1C. The molecule has 2 rings (SSSR count). The van der Waals surface area contributed by atoms with Crippen LogP contribution in [0.1, 0.15) is 48.0 Å². The zero-order chi connectivity index (χ0) is 11.5. The normalized spacial score (nSPS) is 21.1. The largest absolute Gasteiger partial charge is 0.335 e. The van der Waals surface area contributed by atoms with Gasteiger partial charge in [-0.1, -0.05) is 11.4 Å². The molecule has 0 aliphatic carbocycles. The molecule has 16 heavy (non-hydrogen) atoms. The van der Waals surface area contributed by atoms with Crippen LogP contribution in [0.4, 0.5) is 0 Å². The topological polar surface area (TPSA) is 46.1 Å². The van der Waals surface area contributed by atoms with E-state index in [1.165, 1.54) is 18.0 Å². The summed E-state index contributed by atoms with van der Waals surface area (Å²) in [4.78, 5) is 15.0. The summed E-state index contributed by atoms with van der Waals surface area (Å²) >= 11 is 1.21. The predicted molar refractivity (Wildman–Crippen MR) is 63.6 cm³/mol. The van der Waals surface area contributed by atoms with Gasteiger partial charge in [0.05, 0.1) is 5.69 Å². The van der Waals surface area contributed by atoms with E-state index in [-0.39, 0.29) is 5.91 Å². The first-order valence-corrected chi connectivity index (χ1v) is 6.61. The van der Waals surface area contributed by atoms with Gasteiger partial charge in [-0.25, -0.2) is 0 Å². The summed E-state index contributed by atoms with van der Waals surface area (Å²) < 4.78 is 3.83. The number of likely N-dealkylation sites (tertiary alicyclic amines) is 1. The highest BCUT2D eigenvalue weighted by molar-refractivity contribution is 7.07. The monoisotopic (exact) mass is 239 g/mol. The molecule has 0 spiro atoms. The van der Waals surface area contributed by atoms with E-state index in [1.54, 1.807) is 0 Å². The fourth-order valence-corrected chi connectivity index (χ4v) is 2.86. The third-order valence-corrected chi connectivity index (χ3v) is 4.02. The Labute approximate surface area is 99.8 Å². The Morgan fingerprint density at radius 2 is 2.38 bits per heavy atom. The van der Waals surface area contributed by atoms with Crippen molar-refractivity contribution in [2.24, 2.45) is 0 Å². The standard InChI is InChI=1S/C11H17N3OS/c1-3-9-6-4-5-7-14(9)11(15)10-8(2)12-13-16-10/h9H,3-7H2,1-2H3. The first-order valence-electron chi connectivity index (χ1n) is 5.84. The number of rotatable bonds is 2. The van der Waals surface area contributed by atoms with Gasteiger partial charge in [0.2, 0.25) is 0 Å². The summed E-state index contributed by atoms with van der Waals surface area (Å²) in [7, 11) is 0. The molecule has 5 heteroatoms. The van der Waals surface area contributed by atoms with E-state index in [0.717, 1.165) is 31.5 Å². The van der Waals surface area contributed by atoms with Crippen LogP contribution in [0.3, 0.4) is 0 Å². The van der Waals surface area contributed by atoms with Gasteiger partial charge in [0, 0.05) is 12.6 Å². The van der Waals surface area contributed by atoms with Gasteiger partial charge >= 0.3 is 0 Å². The highest BCUT2D eigenvalue weighted by atomic mass is 32.1. The maximum Gasteiger partial charge on any atom is 0.267 e. The molecule has 1 aliphatic heterocycles. The number of nitrogens with zero attached hydrogens (tertiary/aromatic N) is 3. The molecule has 0 aromatic carbocycles. The molecule has 0 saturated carbocycles. The second-order valence-corrected chi connectivity index (χ2v) is 5.00. The van der Waals surface area contributed by atoms with Crippen molar-refractivity contribution in [3.63, 3.8) is 0 Å². The molecule has 2 heterocycles. The van der Waals surface area contributed by atoms with Crippen LogP contribution in [0.25, 0.3) is 0 Å². The average molecular weight is 239 g/mol. The molecule has 1 aliphatic rings. The molecule has 0 bridgehead atoms. The summed E-state index contributed by atoms with van der Waals surface area (Å²) in [5.41, 5.74) is 0.760. The van der Waals surface area contributed by atoms with Crippen molar-refractivity contribution in [3.05, 3.63) is 10.6 Å². The van der Waals surface area contributed by atoms with Crippen molar-refractivity contribution < 1.29 is 4.79 Å². The van der Waals surface area contributed by atoms with E-state index in [4.69, 9.17) is 0 Å². The van der Waals surface area contributed by atoms with E-state index in [1.807, 2.05) is 11.8 Å². The molecule has 1 aromatic rings. The molecule has 1 atom stereocenters. The number of hydrogen-bond donors (Lipinski definition) is 0. The highest BCUT2D eigenvalue weighted by Gasteiger charge is 2.28. The third-order valence-electron chi connectivity index (χ3n) is 3.21. The minimum Gasteiger partial charge on any atom is -0.335 e. The quantitative estimate of drug-likeness (QED) is 0.795. The summed E-state index contributed by atoms with van der Waals surface area (Å²) in [6, 6.07) is 0.405. The number of amides is 1. The number of carbonyl (C=O) groups excluding carboxylic acids is 1. The van der Waals surface area contributed by atoms with Crippen LogP contribution in [0.2, 0.25) is 0 Å². The van der Waals surface area contributed by atoms with Crippen LogP contribution in [-0.2, 0) is 0 Å². The minimum absolute atomic E-state index is 0.124. The molecule has 1 fully saturated rings. The lowest BCUT2D eigenvalue weighted by Gasteiger charge is -2.34. The van der Waals surface area contributed by atoms with Crippen LogP contribution in [0.15, 0.2) is 0 Å². The second kappa shape index (κ2) is 4.91. The van der Waals surface area contributed by atoms with Crippen molar-refractivity contribution >= 4 is 17.4 Å². The number of aromatic nitrogens is 2. The molecule has 1 aromatic heterocycles. The van der Waals surface area contributed by atoms with Gasteiger partial charge in [0.25, 0.3) is 5.91 Å². The van der Waals surface area contributed by atoms with E-state index in [0.29, 0.717) is 10.9 Å². The molecule has 1 amide bonds. The van der Waals surface area contributed by atoms with Crippen molar-refractivity contribution in [2.75, 3.05) is 6.54 Å². The van der Waals surface area contributed by atoms with E-state index in [9.17, 15) is 4.79 Å². The summed E-state index contributed by atoms with van der Waals surface area (Å²) in [5.74, 6) is 0.124. The van der Waals surface area contributed by atoms with Gasteiger partial charge in [0.1, 0.15) is 4.88 Å². The second-order valence-electron chi connectivity index (χ2n) is 4.24. The highest BCUT2D eigenvalue weighted by Crippen LogP contribution is 2.23. The Kier molecular flexibility index (Phi) is 3.53. The Morgan fingerprint density at radius 1 is 1.56 bits per heavy atom. The number of carbonyl (C=O) groups is 1. The van der Waals surface area contributed by atoms with E-state index in [2.05, 4.69) is 16.5 Å². The van der Waals surface area contributed by atoms with Crippen LogP contribution in [0.5, 0.6) is 0 Å². The maximum absolute atomic E-state index is 12.3. The zero-order valence-electron chi connectivity index (χ0n) is 9.77. The molecule has 4 nitrogen and oxygen atoms in total. The average Bonchev–Trinajstić information content (AvgIpc) is 2.74. The maximum atomic E-state index is 12.3. The van der Waals surface area contributed by atoms with Gasteiger partial charge in [-0.05, 0) is 44.1 Å². The van der Waals surface area contributed by atoms with Crippen LogP contribution >= 0.6 is 11.5 Å². The molecule has 1 saturated heterocycles. The molecule has 0 N–H and O–H groups in total. The van der Waals surface area contributed by atoms with Crippen LogP contribution in [-0.4, -0.2) is 33.0 Å². The fraction of sp³-hybridized carbons (Fsp3) is 0.727. The molecule has 1 unspecified atom stereocenters. The summed E-state index contributed by atoms with van der Waals surface area (Å²) in [6.07, 6.45) is 4.53. The van der Waals surface area contributed by atoms with Gasteiger partial charge in [-0.15, -0.1) is 5.10 Å². The summed E-state index contributed by atoms with van der Waals surface area (Å²) in [6.45, 7) is 4.88. The Morgan fingerprint density at radius 3 is 3.00 bits per heavy atom. The third kappa shape index (κ3) is 2.09. The molecule has 0 radical (unpaired) electrons. The number of hydrogen-bond acceptors (Lipinski definition) is 4. The Hall–Kier alpha value is -0.970. The fourth-order valence-electron chi connectivity index (χ4n) is 2.25. The van der Waals surface area contributed by atoms with E-state index < -0.39 is 0 Å². The molecule has 88 valence electrons.